The molecule has 2 rings (SSSR count). The Morgan fingerprint density at radius 1 is 1.30 bits per heavy atom. The Morgan fingerprint density at radius 3 is 2.65 bits per heavy atom. The van der Waals surface area contributed by atoms with Gasteiger partial charge in [0.1, 0.15) is 0 Å². The van der Waals surface area contributed by atoms with E-state index < -0.39 is 12.1 Å². The maximum atomic E-state index is 12.8. The summed E-state index contributed by atoms with van der Waals surface area (Å²) in [6.07, 6.45) is -2.83. The van der Waals surface area contributed by atoms with Gasteiger partial charge in [-0.25, -0.2) is 0 Å². The van der Waals surface area contributed by atoms with Crippen molar-refractivity contribution < 1.29 is 18.0 Å². The first-order valence-corrected chi connectivity index (χ1v) is 8.93. The fourth-order valence-electron chi connectivity index (χ4n) is 2.81. The highest BCUT2D eigenvalue weighted by atomic mass is 32.2. The largest absolute Gasteiger partial charge is 0.391 e. The summed E-state index contributed by atoms with van der Waals surface area (Å²) in [5, 5.41) is 2.52. The van der Waals surface area contributed by atoms with Crippen molar-refractivity contribution in [2.24, 2.45) is 5.92 Å². The molecule has 0 spiro atoms. The van der Waals surface area contributed by atoms with E-state index in [1.807, 2.05) is 30.3 Å². The lowest BCUT2D eigenvalue weighted by Gasteiger charge is -2.31. The molecule has 0 aliphatic heterocycles. The lowest BCUT2D eigenvalue weighted by atomic mass is 9.85. The number of benzene rings is 1. The van der Waals surface area contributed by atoms with Gasteiger partial charge in [0.25, 0.3) is 0 Å². The number of halogens is 3. The standard InChI is InChI=1S/C17H22F3NOS/c1-12(23-11-13-6-3-2-4-7-13)16(22)21-15-9-5-8-14(10-15)17(18,19)20/h2-4,6-7,12,14-15H,5,8-11H2,1H3,(H,21,22). The zero-order valence-corrected chi connectivity index (χ0v) is 13.9. The fourth-order valence-corrected chi connectivity index (χ4v) is 3.66. The Kier molecular flexibility index (Phi) is 6.39. The van der Waals surface area contributed by atoms with Crippen LogP contribution in [-0.4, -0.2) is 23.4 Å². The average Bonchev–Trinajstić information content (AvgIpc) is 2.53. The van der Waals surface area contributed by atoms with Crippen molar-refractivity contribution in [1.82, 2.24) is 5.32 Å². The molecule has 1 aliphatic rings. The molecule has 1 saturated carbocycles. The van der Waals surface area contributed by atoms with Crippen molar-refractivity contribution in [3.8, 4) is 0 Å². The Balaban J connectivity index is 1.79. The number of thioether (sulfide) groups is 1. The first-order valence-electron chi connectivity index (χ1n) is 7.89. The quantitative estimate of drug-likeness (QED) is 0.848. The molecule has 3 unspecified atom stereocenters. The average molecular weight is 345 g/mol. The topological polar surface area (TPSA) is 29.1 Å². The summed E-state index contributed by atoms with van der Waals surface area (Å²) in [6.45, 7) is 1.80. The summed E-state index contributed by atoms with van der Waals surface area (Å²) in [6, 6.07) is 9.45. The zero-order chi connectivity index (χ0) is 16.9. The van der Waals surface area contributed by atoms with Crippen LogP contribution in [0.4, 0.5) is 13.2 Å². The Bertz CT molecular complexity index is 506. The van der Waals surface area contributed by atoms with Crippen LogP contribution in [0.3, 0.4) is 0 Å². The number of hydrogen-bond acceptors (Lipinski definition) is 2. The molecular formula is C17H22F3NOS. The molecule has 128 valence electrons. The van der Waals surface area contributed by atoms with Gasteiger partial charge in [-0.2, -0.15) is 13.2 Å². The van der Waals surface area contributed by atoms with E-state index >= 15 is 0 Å². The summed E-state index contributed by atoms with van der Waals surface area (Å²) >= 11 is 1.50. The van der Waals surface area contributed by atoms with Crippen LogP contribution in [-0.2, 0) is 10.5 Å². The summed E-state index contributed by atoms with van der Waals surface area (Å²) < 4.78 is 38.4. The summed E-state index contributed by atoms with van der Waals surface area (Å²) in [4.78, 5) is 12.2. The molecule has 1 aromatic rings. The smallest absolute Gasteiger partial charge is 0.352 e. The van der Waals surface area contributed by atoms with E-state index in [-0.39, 0.29) is 30.0 Å². The van der Waals surface area contributed by atoms with Gasteiger partial charge < -0.3 is 5.32 Å². The lowest BCUT2D eigenvalue weighted by Crippen LogP contribution is -2.44. The van der Waals surface area contributed by atoms with Gasteiger partial charge in [-0.15, -0.1) is 11.8 Å². The van der Waals surface area contributed by atoms with Gasteiger partial charge in [-0.05, 0) is 31.7 Å². The van der Waals surface area contributed by atoms with Crippen molar-refractivity contribution in [2.45, 2.75) is 55.8 Å². The van der Waals surface area contributed by atoms with Gasteiger partial charge in [0, 0.05) is 11.8 Å². The minimum Gasteiger partial charge on any atom is -0.352 e. The fraction of sp³-hybridized carbons (Fsp3) is 0.588. The van der Waals surface area contributed by atoms with Crippen LogP contribution < -0.4 is 5.32 Å². The molecule has 0 bridgehead atoms. The molecule has 3 atom stereocenters. The second kappa shape index (κ2) is 8.08. The van der Waals surface area contributed by atoms with E-state index in [0.29, 0.717) is 18.6 Å². The van der Waals surface area contributed by atoms with Crippen LogP contribution in [0.2, 0.25) is 0 Å². The number of carbonyl (C=O) groups excluding carboxylic acids is 1. The van der Waals surface area contributed by atoms with Crippen LogP contribution in [0.5, 0.6) is 0 Å². The third-order valence-electron chi connectivity index (χ3n) is 4.20. The highest BCUT2D eigenvalue weighted by molar-refractivity contribution is 7.99. The highest BCUT2D eigenvalue weighted by Crippen LogP contribution is 2.37. The first kappa shape index (κ1) is 18.2. The van der Waals surface area contributed by atoms with Gasteiger partial charge >= 0.3 is 6.18 Å². The number of alkyl halides is 3. The van der Waals surface area contributed by atoms with Gasteiger partial charge in [0.05, 0.1) is 11.2 Å². The molecule has 23 heavy (non-hydrogen) atoms. The second-order valence-electron chi connectivity index (χ2n) is 6.05. The van der Waals surface area contributed by atoms with Crippen LogP contribution in [0.1, 0.15) is 38.2 Å². The number of carbonyl (C=O) groups is 1. The van der Waals surface area contributed by atoms with Crippen molar-refractivity contribution >= 4 is 17.7 Å². The number of hydrogen-bond donors (Lipinski definition) is 1. The third kappa shape index (κ3) is 5.75. The van der Waals surface area contributed by atoms with Gasteiger partial charge in [-0.3, -0.25) is 4.79 Å². The summed E-state index contributed by atoms with van der Waals surface area (Å²) in [5.41, 5.74) is 1.13. The van der Waals surface area contributed by atoms with Crippen LogP contribution in [0, 0.1) is 5.92 Å². The zero-order valence-electron chi connectivity index (χ0n) is 13.1. The second-order valence-corrected chi connectivity index (χ2v) is 7.38. The monoisotopic (exact) mass is 345 g/mol. The molecule has 0 aromatic heterocycles. The molecule has 1 aliphatic carbocycles. The van der Waals surface area contributed by atoms with E-state index in [9.17, 15) is 18.0 Å². The molecule has 0 radical (unpaired) electrons. The molecular weight excluding hydrogens is 323 g/mol. The molecule has 1 fully saturated rings. The van der Waals surface area contributed by atoms with Crippen molar-refractivity contribution in [3.63, 3.8) is 0 Å². The van der Waals surface area contributed by atoms with Crippen LogP contribution >= 0.6 is 11.8 Å². The molecule has 1 aromatic carbocycles. The lowest BCUT2D eigenvalue weighted by molar-refractivity contribution is -0.184. The minimum atomic E-state index is -4.16. The predicted octanol–water partition coefficient (Wildman–Crippen LogP) is 4.55. The number of nitrogens with one attached hydrogen (secondary N) is 1. The Morgan fingerprint density at radius 2 is 2.00 bits per heavy atom. The maximum Gasteiger partial charge on any atom is 0.391 e. The predicted molar refractivity (Wildman–Crippen MR) is 87.1 cm³/mol. The maximum absolute atomic E-state index is 12.8. The Hall–Kier alpha value is -1.17. The van der Waals surface area contributed by atoms with Gasteiger partial charge in [0.2, 0.25) is 5.91 Å². The molecule has 1 N–H and O–H groups in total. The normalized spacial score (nSPS) is 23.3. The SMILES string of the molecule is CC(SCc1ccccc1)C(=O)NC1CCCC(C(F)(F)F)C1. The molecule has 0 saturated heterocycles. The van der Waals surface area contributed by atoms with E-state index in [0.717, 1.165) is 5.56 Å². The van der Waals surface area contributed by atoms with E-state index in [1.54, 1.807) is 6.92 Å². The Labute approximate surface area is 139 Å². The summed E-state index contributed by atoms with van der Waals surface area (Å²) in [7, 11) is 0. The molecule has 6 heteroatoms. The third-order valence-corrected chi connectivity index (χ3v) is 5.41. The van der Waals surface area contributed by atoms with E-state index in [2.05, 4.69) is 5.32 Å². The van der Waals surface area contributed by atoms with E-state index in [1.165, 1.54) is 11.8 Å². The number of amides is 1. The van der Waals surface area contributed by atoms with Crippen molar-refractivity contribution in [3.05, 3.63) is 35.9 Å². The van der Waals surface area contributed by atoms with E-state index in [4.69, 9.17) is 0 Å². The van der Waals surface area contributed by atoms with Gasteiger partial charge in [-0.1, -0.05) is 36.8 Å². The minimum absolute atomic E-state index is 0.00527. The molecule has 1 amide bonds. The first-order chi connectivity index (χ1) is 10.9. The highest BCUT2D eigenvalue weighted by Gasteiger charge is 2.42. The van der Waals surface area contributed by atoms with Crippen LogP contribution in [0.25, 0.3) is 0 Å². The van der Waals surface area contributed by atoms with Gasteiger partial charge in [0.15, 0.2) is 0 Å². The van der Waals surface area contributed by atoms with Crippen molar-refractivity contribution in [1.29, 1.82) is 0 Å². The number of rotatable bonds is 5. The van der Waals surface area contributed by atoms with Crippen molar-refractivity contribution in [2.75, 3.05) is 0 Å². The molecule has 0 heterocycles. The van der Waals surface area contributed by atoms with Crippen LogP contribution in [0.15, 0.2) is 30.3 Å². The summed E-state index contributed by atoms with van der Waals surface area (Å²) in [5.74, 6) is -0.738. The molecule has 2 nitrogen and oxygen atoms in total.